The average Bonchev–Trinajstić information content (AvgIpc) is 2.27. The van der Waals surface area contributed by atoms with Crippen LogP contribution in [-0.4, -0.2) is 32.5 Å². The molecule has 7 heteroatoms. The first-order valence-electron chi connectivity index (χ1n) is 4.86. The van der Waals surface area contributed by atoms with Crippen LogP contribution >= 0.6 is 15.9 Å². The molecule has 0 saturated carbocycles. The van der Waals surface area contributed by atoms with Crippen LogP contribution in [0.3, 0.4) is 0 Å². The Kier molecular flexibility index (Phi) is 4.79. The lowest BCUT2D eigenvalue weighted by Gasteiger charge is -2.13. The minimum Gasteiger partial charge on any atom is -0.496 e. The maximum absolute atomic E-state index is 11.7. The van der Waals surface area contributed by atoms with Gasteiger partial charge in [-0.15, -0.1) is 0 Å². The zero-order valence-corrected chi connectivity index (χ0v) is 11.9. The predicted octanol–water partition coefficient (Wildman–Crippen LogP) is 1.58. The molecule has 5 nitrogen and oxygen atoms in total. The fourth-order valence-corrected chi connectivity index (χ4v) is 2.49. The minimum atomic E-state index is -3.56. The zero-order chi connectivity index (χ0) is 13.1. The zero-order valence-electron chi connectivity index (χ0n) is 9.47. The number of aliphatic hydroxyl groups excluding tert-OH is 1. The van der Waals surface area contributed by atoms with Gasteiger partial charge in [-0.05, 0) is 41.1 Å². The quantitative estimate of drug-likeness (QED) is 0.862. The lowest BCUT2D eigenvalue weighted by atomic mass is 10.3. The molecule has 0 aromatic heterocycles. The summed E-state index contributed by atoms with van der Waals surface area (Å²) >= 11 is 3.26. The molecule has 2 N–H and O–H groups in total. The summed E-state index contributed by atoms with van der Waals surface area (Å²) in [7, 11) is -2.04. The third-order valence-corrected chi connectivity index (χ3v) is 4.55. The smallest absolute Gasteiger partial charge is 0.237 e. The van der Waals surface area contributed by atoms with Crippen LogP contribution in [0.1, 0.15) is 6.92 Å². The summed E-state index contributed by atoms with van der Waals surface area (Å²) in [5, 5.41) is 7.98. The van der Waals surface area contributed by atoms with Crippen LogP contribution in [-0.2, 0) is 10.0 Å². The van der Waals surface area contributed by atoms with Gasteiger partial charge in [0.05, 0.1) is 18.2 Å². The molecule has 1 atom stereocenters. The summed E-state index contributed by atoms with van der Waals surface area (Å²) in [5.74, 6) is 0.614. The molecule has 1 aromatic carbocycles. The van der Waals surface area contributed by atoms with E-state index in [0.29, 0.717) is 15.9 Å². The van der Waals surface area contributed by atoms with Crippen molar-refractivity contribution in [1.29, 1.82) is 0 Å². The number of sulfonamides is 1. The number of hydrogen-bond acceptors (Lipinski definition) is 4. The summed E-state index contributed by atoms with van der Waals surface area (Å²) in [6, 6.07) is 4.83. The maximum atomic E-state index is 11.7. The van der Waals surface area contributed by atoms with Crippen molar-refractivity contribution in [2.24, 2.45) is 0 Å². The highest BCUT2D eigenvalue weighted by molar-refractivity contribution is 9.10. The number of rotatable bonds is 5. The molecule has 0 heterocycles. The molecule has 0 saturated heterocycles. The van der Waals surface area contributed by atoms with Crippen molar-refractivity contribution in [3.05, 3.63) is 22.7 Å². The monoisotopic (exact) mass is 323 g/mol. The van der Waals surface area contributed by atoms with Crippen molar-refractivity contribution in [3.63, 3.8) is 0 Å². The number of ether oxygens (including phenoxy) is 1. The molecule has 0 bridgehead atoms. The highest BCUT2D eigenvalue weighted by Crippen LogP contribution is 2.28. The van der Waals surface area contributed by atoms with E-state index in [9.17, 15) is 8.42 Å². The molecule has 1 rings (SSSR count). The first-order valence-corrected chi connectivity index (χ1v) is 7.20. The third kappa shape index (κ3) is 3.58. The molecular formula is C10H14BrNO4S. The Labute approximate surface area is 109 Å². The molecule has 0 radical (unpaired) electrons. The molecule has 0 aliphatic heterocycles. The van der Waals surface area contributed by atoms with E-state index in [2.05, 4.69) is 20.7 Å². The molecule has 0 aliphatic rings. The molecular weight excluding hydrogens is 310 g/mol. The fraction of sp³-hybridized carbons (Fsp3) is 0.400. The summed E-state index contributed by atoms with van der Waals surface area (Å²) in [6.07, 6.45) is 0. The molecule has 1 unspecified atom stereocenters. The van der Waals surface area contributed by atoms with Gasteiger partial charge < -0.3 is 9.84 Å². The Morgan fingerprint density at radius 3 is 2.65 bits per heavy atom. The van der Waals surface area contributed by atoms with Gasteiger partial charge in [-0.2, -0.15) is 0 Å². The Morgan fingerprint density at radius 1 is 1.53 bits per heavy atom. The van der Waals surface area contributed by atoms with Crippen molar-refractivity contribution in [3.8, 4) is 5.75 Å². The van der Waals surface area contributed by atoms with E-state index in [-0.39, 0.29) is 0 Å². The lowest BCUT2D eigenvalue weighted by Crippen LogP contribution is -2.28. The molecule has 96 valence electrons. The number of hydrogen-bond donors (Lipinski definition) is 2. The summed E-state index contributed by atoms with van der Waals surface area (Å²) in [5.41, 5.74) is 0.415. The summed E-state index contributed by atoms with van der Waals surface area (Å²) < 4.78 is 31.4. The van der Waals surface area contributed by atoms with Crippen molar-refractivity contribution in [2.75, 3.05) is 18.4 Å². The average molecular weight is 324 g/mol. The van der Waals surface area contributed by atoms with Crippen molar-refractivity contribution >= 4 is 31.6 Å². The molecule has 0 amide bonds. The second-order valence-corrected chi connectivity index (χ2v) is 6.44. The van der Waals surface area contributed by atoms with Crippen LogP contribution in [0.2, 0.25) is 0 Å². The van der Waals surface area contributed by atoms with Crippen LogP contribution < -0.4 is 9.46 Å². The Morgan fingerprint density at radius 2 is 2.18 bits per heavy atom. The van der Waals surface area contributed by atoms with Gasteiger partial charge in [0.25, 0.3) is 0 Å². The van der Waals surface area contributed by atoms with E-state index >= 15 is 0 Å². The van der Waals surface area contributed by atoms with E-state index in [4.69, 9.17) is 9.84 Å². The standard InChI is InChI=1S/C10H14BrNO4S/c1-7(6-13)17(14,15)12-8-3-4-10(16-2)9(11)5-8/h3-5,7,12-13H,6H2,1-2H3. The van der Waals surface area contributed by atoms with E-state index < -0.39 is 21.9 Å². The highest BCUT2D eigenvalue weighted by Gasteiger charge is 2.19. The molecule has 17 heavy (non-hydrogen) atoms. The van der Waals surface area contributed by atoms with E-state index in [1.165, 1.54) is 14.0 Å². The van der Waals surface area contributed by atoms with Crippen LogP contribution in [0.5, 0.6) is 5.75 Å². The van der Waals surface area contributed by atoms with Gasteiger partial charge in [0.1, 0.15) is 11.0 Å². The first kappa shape index (κ1) is 14.3. The van der Waals surface area contributed by atoms with Crippen LogP contribution in [0.4, 0.5) is 5.69 Å². The van der Waals surface area contributed by atoms with Gasteiger partial charge in [0.2, 0.25) is 10.0 Å². The normalized spacial score (nSPS) is 13.2. The summed E-state index contributed by atoms with van der Waals surface area (Å²) in [6.45, 7) is 1.01. The molecule has 0 spiro atoms. The van der Waals surface area contributed by atoms with Gasteiger partial charge in [0, 0.05) is 5.69 Å². The lowest BCUT2D eigenvalue weighted by molar-refractivity contribution is 0.296. The van der Waals surface area contributed by atoms with Gasteiger partial charge in [-0.3, -0.25) is 4.72 Å². The maximum Gasteiger partial charge on any atom is 0.237 e. The Bertz CT molecular complexity index is 489. The van der Waals surface area contributed by atoms with Crippen molar-refractivity contribution < 1.29 is 18.3 Å². The Hall–Kier alpha value is -0.790. The van der Waals surface area contributed by atoms with Crippen LogP contribution in [0, 0.1) is 0 Å². The van der Waals surface area contributed by atoms with E-state index in [0.717, 1.165) is 0 Å². The van der Waals surface area contributed by atoms with Gasteiger partial charge >= 0.3 is 0 Å². The number of aliphatic hydroxyl groups is 1. The second kappa shape index (κ2) is 5.70. The molecule has 0 aliphatic carbocycles. The van der Waals surface area contributed by atoms with Gasteiger partial charge in [-0.1, -0.05) is 0 Å². The number of benzene rings is 1. The fourth-order valence-electron chi connectivity index (χ4n) is 1.09. The van der Waals surface area contributed by atoms with Crippen LogP contribution in [0.25, 0.3) is 0 Å². The number of halogens is 1. The Balaban J connectivity index is 2.93. The minimum absolute atomic E-state index is 0.415. The third-order valence-electron chi connectivity index (χ3n) is 2.20. The summed E-state index contributed by atoms with van der Waals surface area (Å²) in [4.78, 5) is 0. The van der Waals surface area contributed by atoms with E-state index in [1.54, 1.807) is 18.2 Å². The van der Waals surface area contributed by atoms with Crippen molar-refractivity contribution in [2.45, 2.75) is 12.2 Å². The number of anilines is 1. The first-order chi connectivity index (χ1) is 7.90. The topological polar surface area (TPSA) is 75.6 Å². The SMILES string of the molecule is COc1ccc(NS(=O)(=O)C(C)CO)cc1Br. The molecule has 0 fully saturated rings. The van der Waals surface area contributed by atoms with Gasteiger partial charge in [0.15, 0.2) is 0 Å². The van der Waals surface area contributed by atoms with Crippen molar-refractivity contribution in [1.82, 2.24) is 0 Å². The highest BCUT2D eigenvalue weighted by atomic mass is 79.9. The largest absolute Gasteiger partial charge is 0.496 e. The van der Waals surface area contributed by atoms with Gasteiger partial charge in [-0.25, -0.2) is 8.42 Å². The molecule has 1 aromatic rings. The van der Waals surface area contributed by atoms with E-state index in [1.807, 2.05) is 0 Å². The second-order valence-electron chi connectivity index (χ2n) is 3.49. The number of nitrogens with one attached hydrogen (secondary N) is 1. The van der Waals surface area contributed by atoms with Crippen LogP contribution in [0.15, 0.2) is 22.7 Å². The predicted molar refractivity (Wildman–Crippen MR) is 69.8 cm³/mol. The number of methoxy groups -OCH3 is 1.